The molecular weight excluding hydrogens is 280 g/mol. The highest BCUT2D eigenvalue weighted by Crippen LogP contribution is 2.23. The summed E-state index contributed by atoms with van der Waals surface area (Å²) in [5, 5.41) is 3.38. The van der Waals surface area contributed by atoms with Gasteiger partial charge in [-0.1, -0.05) is 43.4 Å². The Bertz CT molecular complexity index is 623. The van der Waals surface area contributed by atoms with E-state index in [1.54, 1.807) is 7.11 Å². The van der Waals surface area contributed by atoms with Crippen LogP contribution >= 0.6 is 12.2 Å². The molecule has 0 heterocycles. The van der Waals surface area contributed by atoms with Crippen molar-refractivity contribution in [3.05, 3.63) is 59.2 Å². The Balaban J connectivity index is 2.15. The van der Waals surface area contributed by atoms with Crippen LogP contribution in [0.4, 0.5) is 5.69 Å². The monoisotopic (exact) mass is 300 g/mol. The summed E-state index contributed by atoms with van der Waals surface area (Å²) in [4.78, 5) is 0.376. The van der Waals surface area contributed by atoms with Gasteiger partial charge in [-0.25, -0.2) is 0 Å². The van der Waals surface area contributed by atoms with Gasteiger partial charge >= 0.3 is 0 Å². The number of benzene rings is 2. The minimum atomic E-state index is 0.376. The zero-order valence-electron chi connectivity index (χ0n) is 12.3. The largest absolute Gasteiger partial charge is 0.497 e. The van der Waals surface area contributed by atoms with Gasteiger partial charge in [-0.3, -0.25) is 0 Å². The topological polar surface area (TPSA) is 47.3 Å². The third-order valence-corrected chi connectivity index (χ3v) is 3.63. The first-order chi connectivity index (χ1) is 10.1. The van der Waals surface area contributed by atoms with Gasteiger partial charge in [-0.15, -0.1) is 0 Å². The molecule has 2 aromatic rings. The Hall–Kier alpha value is -2.07. The maximum Gasteiger partial charge on any atom is 0.120 e. The average Bonchev–Trinajstić information content (AvgIpc) is 2.52. The van der Waals surface area contributed by atoms with Crippen molar-refractivity contribution in [3.63, 3.8) is 0 Å². The van der Waals surface area contributed by atoms with Crippen LogP contribution in [0.3, 0.4) is 0 Å². The van der Waals surface area contributed by atoms with Crippen molar-refractivity contribution >= 4 is 22.9 Å². The second-order valence-corrected chi connectivity index (χ2v) is 5.24. The molecule has 0 saturated carbocycles. The van der Waals surface area contributed by atoms with Gasteiger partial charge in [0.25, 0.3) is 0 Å². The van der Waals surface area contributed by atoms with Gasteiger partial charge in [0.1, 0.15) is 10.7 Å². The zero-order valence-corrected chi connectivity index (χ0v) is 13.2. The van der Waals surface area contributed by atoms with E-state index in [0.717, 1.165) is 23.4 Å². The second-order valence-electron chi connectivity index (χ2n) is 4.80. The van der Waals surface area contributed by atoms with Gasteiger partial charge in [0.2, 0.25) is 0 Å². The van der Waals surface area contributed by atoms with E-state index in [1.165, 1.54) is 11.1 Å². The molecule has 0 saturated heterocycles. The lowest BCUT2D eigenvalue weighted by atomic mass is 10.1. The third kappa shape index (κ3) is 3.95. The first-order valence-corrected chi connectivity index (χ1v) is 7.34. The highest BCUT2D eigenvalue weighted by atomic mass is 32.1. The van der Waals surface area contributed by atoms with Crippen LogP contribution in [0, 0.1) is 0 Å². The molecule has 0 amide bonds. The van der Waals surface area contributed by atoms with Crippen molar-refractivity contribution in [3.8, 4) is 5.75 Å². The number of thiocarbonyl (C=S) groups is 1. The number of anilines is 1. The number of ether oxygens (including phenoxy) is 1. The molecule has 2 aromatic carbocycles. The fourth-order valence-corrected chi connectivity index (χ4v) is 2.28. The molecular formula is C17H20N2OS. The smallest absolute Gasteiger partial charge is 0.120 e. The van der Waals surface area contributed by atoms with E-state index in [-0.39, 0.29) is 0 Å². The summed E-state index contributed by atoms with van der Waals surface area (Å²) in [7, 11) is 1.64. The molecule has 3 nitrogen and oxygen atoms in total. The van der Waals surface area contributed by atoms with Crippen LogP contribution in [0.1, 0.15) is 23.6 Å². The van der Waals surface area contributed by atoms with Crippen LogP contribution in [0.5, 0.6) is 5.75 Å². The van der Waals surface area contributed by atoms with Gasteiger partial charge in [0, 0.05) is 23.9 Å². The average molecular weight is 300 g/mol. The fourth-order valence-electron chi connectivity index (χ4n) is 2.10. The van der Waals surface area contributed by atoms with Crippen LogP contribution in [0.15, 0.2) is 42.5 Å². The maximum atomic E-state index is 5.76. The minimum absolute atomic E-state index is 0.376. The molecule has 21 heavy (non-hydrogen) atoms. The van der Waals surface area contributed by atoms with E-state index in [1.807, 2.05) is 18.2 Å². The summed E-state index contributed by atoms with van der Waals surface area (Å²) in [6.45, 7) is 2.87. The molecule has 3 N–H and O–H groups in total. The second kappa shape index (κ2) is 7.09. The van der Waals surface area contributed by atoms with Crippen molar-refractivity contribution in [2.45, 2.75) is 19.9 Å². The molecule has 0 atom stereocenters. The Morgan fingerprint density at radius 2 is 1.81 bits per heavy atom. The maximum absolute atomic E-state index is 5.76. The van der Waals surface area contributed by atoms with Crippen LogP contribution in [0.2, 0.25) is 0 Å². The van der Waals surface area contributed by atoms with Crippen LogP contribution in [-0.2, 0) is 13.0 Å². The van der Waals surface area contributed by atoms with Gasteiger partial charge < -0.3 is 15.8 Å². The number of nitrogens with two attached hydrogens (primary N) is 1. The van der Waals surface area contributed by atoms with Crippen molar-refractivity contribution < 1.29 is 4.74 Å². The molecule has 0 aromatic heterocycles. The highest BCUT2D eigenvalue weighted by Gasteiger charge is 2.07. The summed E-state index contributed by atoms with van der Waals surface area (Å²) in [5.74, 6) is 0.777. The standard InChI is InChI=1S/C17H20N2OS/c1-3-12-4-6-13(7-5-12)11-19-16-10-14(20-2)8-9-15(16)17(18)21/h4-10,19H,3,11H2,1-2H3,(H2,18,21). The van der Waals surface area contributed by atoms with E-state index in [9.17, 15) is 0 Å². The van der Waals surface area contributed by atoms with Gasteiger partial charge in [-0.2, -0.15) is 0 Å². The Labute approximate surface area is 131 Å². The number of aryl methyl sites for hydroxylation is 1. The quantitative estimate of drug-likeness (QED) is 0.802. The summed E-state index contributed by atoms with van der Waals surface area (Å²) in [6, 6.07) is 14.2. The molecule has 0 aliphatic carbocycles. The van der Waals surface area contributed by atoms with E-state index in [2.05, 4.69) is 36.5 Å². The van der Waals surface area contributed by atoms with Crippen LogP contribution < -0.4 is 15.8 Å². The Morgan fingerprint density at radius 3 is 2.38 bits per heavy atom. The molecule has 0 aliphatic rings. The summed E-state index contributed by atoms with van der Waals surface area (Å²) < 4.78 is 5.25. The lowest BCUT2D eigenvalue weighted by Gasteiger charge is -2.13. The highest BCUT2D eigenvalue weighted by molar-refractivity contribution is 7.80. The van der Waals surface area contributed by atoms with Gasteiger partial charge in [-0.05, 0) is 29.7 Å². The summed E-state index contributed by atoms with van der Waals surface area (Å²) in [5.41, 5.74) is 10.0. The number of hydrogen-bond donors (Lipinski definition) is 2. The molecule has 2 rings (SSSR count). The Kier molecular flexibility index (Phi) is 5.17. The molecule has 0 radical (unpaired) electrons. The predicted molar refractivity (Wildman–Crippen MR) is 92.0 cm³/mol. The lowest BCUT2D eigenvalue weighted by molar-refractivity contribution is 0.415. The van der Waals surface area contributed by atoms with Gasteiger partial charge in [0.15, 0.2) is 0 Å². The molecule has 110 valence electrons. The van der Waals surface area contributed by atoms with E-state index < -0.39 is 0 Å². The van der Waals surface area contributed by atoms with E-state index in [0.29, 0.717) is 11.5 Å². The summed E-state index contributed by atoms with van der Waals surface area (Å²) >= 11 is 5.09. The fraction of sp³-hybridized carbons (Fsp3) is 0.235. The van der Waals surface area contributed by atoms with Crippen molar-refractivity contribution in [1.82, 2.24) is 0 Å². The predicted octanol–water partition coefficient (Wildman–Crippen LogP) is 3.50. The Morgan fingerprint density at radius 1 is 1.14 bits per heavy atom. The molecule has 0 fully saturated rings. The van der Waals surface area contributed by atoms with Crippen molar-refractivity contribution in [2.75, 3.05) is 12.4 Å². The number of methoxy groups -OCH3 is 1. The van der Waals surface area contributed by atoms with E-state index >= 15 is 0 Å². The number of rotatable bonds is 6. The molecule has 0 spiro atoms. The summed E-state index contributed by atoms with van der Waals surface area (Å²) in [6.07, 6.45) is 1.05. The van der Waals surface area contributed by atoms with Crippen molar-refractivity contribution in [2.24, 2.45) is 5.73 Å². The molecule has 0 bridgehead atoms. The minimum Gasteiger partial charge on any atom is -0.497 e. The normalized spacial score (nSPS) is 10.2. The molecule has 0 unspecified atom stereocenters. The van der Waals surface area contributed by atoms with Crippen LogP contribution in [0.25, 0.3) is 0 Å². The van der Waals surface area contributed by atoms with Gasteiger partial charge in [0.05, 0.1) is 7.11 Å². The number of hydrogen-bond acceptors (Lipinski definition) is 3. The van der Waals surface area contributed by atoms with Crippen molar-refractivity contribution in [1.29, 1.82) is 0 Å². The molecule has 0 aliphatic heterocycles. The molecule has 4 heteroatoms. The zero-order chi connectivity index (χ0) is 15.2. The van der Waals surface area contributed by atoms with Crippen LogP contribution in [-0.4, -0.2) is 12.1 Å². The first kappa shape index (κ1) is 15.3. The van der Waals surface area contributed by atoms with E-state index in [4.69, 9.17) is 22.7 Å². The third-order valence-electron chi connectivity index (χ3n) is 3.41. The number of nitrogens with one attached hydrogen (secondary N) is 1. The first-order valence-electron chi connectivity index (χ1n) is 6.93. The SMILES string of the molecule is CCc1ccc(CNc2cc(OC)ccc2C(N)=S)cc1. The lowest BCUT2D eigenvalue weighted by Crippen LogP contribution is -2.13.